The predicted octanol–water partition coefficient (Wildman–Crippen LogP) is 1.65. The number of rotatable bonds is 5. The van der Waals surface area contributed by atoms with Crippen molar-refractivity contribution in [3.05, 3.63) is 59.3 Å². The molecule has 0 saturated heterocycles. The van der Waals surface area contributed by atoms with Gasteiger partial charge in [-0.1, -0.05) is 24.4 Å². The quantitative estimate of drug-likeness (QED) is 0.821. The molecule has 1 amide bonds. The molecule has 1 aromatic carbocycles. The van der Waals surface area contributed by atoms with E-state index in [4.69, 9.17) is 22.7 Å². The van der Waals surface area contributed by atoms with Gasteiger partial charge in [0.25, 0.3) is 5.91 Å². The molecule has 2 aromatic rings. The summed E-state index contributed by atoms with van der Waals surface area (Å²) in [5, 5.41) is 2.83. The highest BCUT2D eigenvalue weighted by molar-refractivity contribution is 7.80. The number of hydrogen-bond donors (Lipinski definition) is 2. The Morgan fingerprint density at radius 1 is 1.33 bits per heavy atom. The van der Waals surface area contributed by atoms with Gasteiger partial charge < -0.3 is 15.8 Å². The highest BCUT2D eigenvalue weighted by atomic mass is 32.1. The molecule has 0 atom stereocenters. The second kappa shape index (κ2) is 6.81. The Balaban J connectivity index is 2.04. The van der Waals surface area contributed by atoms with Gasteiger partial charge in [0.05, 0.1) is 7.11 Å². The van der Waals surface area contributed by atoms with Crippen molar-refractivity contribution in [2.45, 2.75) is 6.54 Å². The van der Waals surface area contributed by atoms with Crippen LogP contribution in [-0.2, 0) is 6.54 Å². The fourth-order valence-electron chi connectivity index (χ4n) is 1.77. The van der Waals surface area contributed by atoms with Crippen LogP contribution in [0.3, 0.4) is 0 Å². The van der Waals surface area contributed by atoms with Gasteiger partial charge in [-0.25, -0.2) is 4.98 Å². The summed E-state index contributed by atoms with van der Waals surface area (Å²) < 4.78 is 5.04. The van der Waals surface area contributed by atoms with Crippen LogP contribution in [0.5, 0.6) is 5.88 Å². The van der Waals surface area contributed by atoms with Gasteiger partial charge in [0.1, 0.15) is 4.99 Å². The number of methoxy groups -OCH3 is 1. The molecule has 1 aromatic heterocycles. The van der Waals surface area contributed by atoms with Crippen molar-refractivity contribution >= 4 is 23.1 Å². The summed E-state index contributed by atoms with van der Waals surface area (Å²) in [7, 11) is 1.55. The van der Waals surface area contributed by atoms with Gasteiger partial charge in [-0.15, -0.1) is 0 Å². The molecule has 0 aliphatic carbocycles. The minimum absolute atomic E-state index is 0.191. The normalized spacial score (nSPS) is 9.95. The maximum atomic E-state index is 12.1. The van der Waals surface area contributed by atoms with Crippen LogP contribution in [0.25, 0.3) is 0 Å². The number of amides is 1. The summed E-state index contributed by atoms with van der Waals surface area (Å²) in [5.74, 6) is 0.320. The highest BCUT2D eigenvalue weighted by Gasteiger charge is 2.07. The number of benzene rings is 1. The average Bonchev–Trinajstić information content (AvgIpc) is 2.53. The number of nitrogens with one attached hydrogen (secondary N) is 1. The number of nitrogens with zero attached hydrogens (tertiary/aromatic N) is 1. The van der Waals surface area contributed by atoms with Crippen LogP contribution in [0.2, 0.25) is 0 Å². The molecule has 2 rings (SSSR count). The smallest absolute Gasteiger partial charge is 0.251 e. The lowest BCUT2D eigenvalue weighted by molar-refractivity contribution is 0.0951. The van der Waals surface area contributed by atoms with E-state index in [-0.39, 0.29) is 10.9 Å². The third-order valence-electron chi connectivity index (χ3n) is 2.87. The van der Waals surface area contributed by atoms with Gasteiger partial charge in [0, 0.05) is 29.9 Å². The summed E-state index contributed by atoms with van der Waals surface area (Å²) in [6.07, 6.45) is 1.63. The molecule has 0 aliphatic rings. The van der Waals surface area contributed by atoms with Crippen LogP contribution >= 0.6 is 12.2 Å². The van der Waals surface area contributed by atoms with Gasteiger partial charge >= 0.3 is 0 Å². The van der Waals surface area contributed by atoms with Crippen molar-refractivity contribution in [1.29, 1.82) is 0 Å². The second-order valence-electron chi connectivity index (χ2n) is 4.33. The van der Waals surface area contributed by atoms with Crippen molar-refractivity contribution in [3.8, 4) is 5.88 Å². The van der Waals surface area contributed by atoms with E-state index in [1.54, 1.807) is 43.6 Å². The van der Waals surface area contributed by atoms with Crippen molar-refractivity contribution in [2.75, 3.05) is 7.11 Å². The monoisotopic (exact) mass is 301 g/mol. The van der Waals surface area contributed by atoms with E-state index < -0.39 is 0 Å². The number of aromatic nitrogens is 1. The lowest BCUT2D eigenvalue weighted by atomic mass is 10.1. The Morgan fingerprint density at radius 2 is 2.10 bits per heavy atom. The molecule has 0 unspecified atom stereocenters. The molecule has 0 fully saturated rings. The Morgan fingerprint density at radius 3 is 2.81 bits per heavy atom. The summed E-state index contributed by atoms with van der Waals surface area (Å²) >= 11 is 4.90. The molecule has 0 spiro atoms. The largest absolute Gasteiger partial charge is 0.481 e. The maximum Gasteiger partial charge on any atom is 0.251 e. The number of hydrogen-bond acceptors (Lipinski definition) is 4. The van der Waals surface area contributed by atoms with E-state index in [2.05, 4.69) is 10.3 Å². The fraction of sp³-hybridized carbons (Fsp3) is 0.133. The zero-order valence-electron chi connectivity index (χ0n) is 11.5. The van der Waals surface area contributed by atoms with Crippen molar-refractivity contribution in [3.63, 3.8) is 0 Å². The number of pyridine rings is 1. The molecule has 0 aliphatic heterocycles. The standard InChI is InChI=1S/C15H15N3O2S/c1-20-13-7-10(5-6-17-13)9-18-15(19)12-4-2-3-11(8-12)14(16)21/h2-8H,9H2,1H3,(H2,16,21)(H,18,19). The van der Waals surface area contributed by atoms with E-state index in [0.717, 1.165) is 5.56 Å². The van der Waals surface area contributed by atoms with Crippen LogP contribution < -0.4 is 15.8 Å². The number of nitrogens with two attached hydrogens (primary N) is 1. The minimum Gasteiger partial charge on any atom is -0.481 e. The second-order valence-corrected chi connectivity index (χ2v) is 4.77. The first-order chi connectivity index (χ1) is 10.1. The van der Waals surface area contributed by atoms with Gasteiger partial charge in [-0.3, -0.25) is 4.79 Å². The molecule has 3 N–H and O–H groups in total. The average molecular weight is 301 g/mol. The van der Waals surface area contributed by atoms with Crippen molar-refractivity contribution in [1.82, 2.24) is 10.3 Å². The summed E-state index contributed by atoms with van der Waals surface area (Å²) in [4.78, 5) is 16.4. The lowest BCUT2D eigenvalue weighted by Crippen LogP contribution is -2.23. The zero-order chi connectivity index (χ0) is 15.2. The summed E-state index contributed by atoms with van der Waals surface area (Å²) in [5.41, 5.74) is 7.65. The van der Waals surface area contributed by atoms with Crippen LogP contribution in [0.15, 0.2) is 42.6 Å². The first-order valence-electron chi connectivity index (χ1n) is 6.27. The number of ether oxygens (including phenoxy) is 1. The third-order valence-corrected chi connectivity index (χ3v) is 3.11. The topological polar surface area (TPSA) is 77.2 Å². The Labute approximate surface area is 128 Å². The molecule has 1 heterocycles. The SMILES string of the molecule is COc1cc(CNC(=O)c2cccc(C(N)=S)c2)ccn1. The number of carbonyl (C=O) groups is 1. The van der Waals surface area contributed by atoms with E-state index in [1.165, 1.54) is 0 Å². The van der Waals surface area contributed by atoms with Crippen LogP contribution in [0, 0.1) is 0 Å². The first kappa shape index (κ1) is 14.9. The van der Waals surface area contributed by atoms with Crippen LogP contribution in [0.4, 0.5) is 0 Å². The van der Waals surface area contributed by atoms with E-state index in [1.807, 2.05) is 6.07 Å². The van der Waals surface area contributed by atoms with Gasteiger partial charge in [-0.05, 0) is 23.8 Å². The van der Waals surface area contributed by atoms with Gasteiger partial charge in [0.2, 0.25) is 5.88 Å². The van der Waals surface area contributed by atoms with E-state index in [9.17, 15) is 4.79 Å². The summed E-state index contributed by atoms with van der Waals surface area (Å²) in [6.45, 7) is 0.384. The van der Waals surface area contributed by atoms with Crippen LogP contribution in [-0.4, -0.2) is 23.0 Å². The predicted molar refractivity (Wildman–Crippen MR) is 84.3 cm³/mol. The number of thiocarbonyl (C=S) groups is 1. The van der Waals surface area contributed by atoms with Crippen molar-refractivity contribution in [2.24, 2.45) is 5.73 Å². The molecule has 0 saturated carbocycles. The highest BCUT2D eigenvalue weighted by Crippen LogP contribution is 2.09. The minimum atomic E-state index is -0.191. The molecular formula is C15H15N3O2S. The molecule has 6 heteroatoms. The fourth-order valence-corrected chi connectivity index (χ4v) is 1.90. The third kappa shape index (κ3) is 4.00. The molecular weight excluding hydrogens is 286 g/mol. The van der Waals surface area contributed by atoms with Gasteiger partial charge in [-0.2, -0.15) is 0 Å². The van der Waals surface area contributed by atoms with E-state index >= 15 is 0 Å². The summed E-state index contributed by atoms with van der Waals surface area (Å²) in [6, 6.07) is 10.5. The molecule has 0 radical (unpaired) electrons. The Bertz CT molecular complexity index is 673. The lowest BCUT2D eigenvalue weighted by Gasteiger charge is -2.07. The van der Waals surface area contributed by atoms with Gasteiger partial charge in [0.15, 0.2) is 0 Å². The van der Waals surface area contributed by atoms with E-state index in [0.29, 0.717) is 23.6 Å². The van der Waals surface area contributed by atoms with Crippen LogP contribution in [0.1, 0.15) is 21.5 Å². The Kier molecular flexibility index (Phi) is 4.84. The maximum absolute atomic E-state index is 12.1. The zero-order valence-corrected chi connectivity index (χ0v) is 12.3. The van der Waals surface area contributed by atoms with Crippen molar-refractivity contribution < 1.29 is 9.53 Å². The first-order valence-corrected chi connectivity index (χ1v) is 6.68. The molecule has 21 heavy (non-hydrogen) atoms. The molecule has 0 bridgehead atoms. The Hall–Kier alpha value is -2.47. The molecule has 108 valence electrons. The molecule has 5 nitrogen and oxygen atoms in total. The number of carbonyl (C=O) groups excluding carboxylic acids is 1.